The summed E-state index contributed by atoms with van der Waals surface area (Å²) in [7, 11) is 1.68. The van der Waals surface area contributed by atoms with Crippen LogP contribution in [-0.2, 0) is 13.2 Å². The SMILES string of the molecule is COc1ccc(CN2CCCN(C(=O)c3ccc(OCc4cscn4)cc3)CC2)cc1. The van der Waals surface area contributed by atoms with Crippen molar-refractivity contribution in [1.29, 1.82) is 0 Å². The second-order valence-electron chi connectivity index (χ2n) is 7.56. The van der Waals surface area contributed by atoms with Gasteiger partial charge in [0, 0.05) is 43.7 Å². The van der Waals surface area contributed by atoms with Crippen molar-refractivity contribution in [2.24, 2.45) is 0 Å². The fourth-order valence-electron chi connectivity index (χ4n) is 3.66. The highest BCUT2D eigenvalue weighted by Crippen LogP contribution is 2.18. The maximum Gasteiger partial charge on any atom is 0.253 e. The summed E-state index contributed by atoms with van der Waals surface area (Å²) < 4.78 is 11.0. The number of nitrogens with zero attached hydrogens (tertiary/aromatic N) is 3. The third kappa shape index (κ3) is 5.83. The van der Waals surface area contributed by atoms with Gasteiger partial charge in [-0.05, 0) is 48.4 Å². The van der Waals surface area contributed by atoms with E-state index in [2.05, 4.69) is 22.0 Å². The Bertz CT molecular complexity index is 959. The molecule has 4 rings (SSSR count). The molecule has 2 aromatic carbocycles. The zero-order chi connectivity index (χ0) is 21.5. The van der Waals surface area contributed by atoms with Crippen LogP contribution < -0.4 is 9.47 Å². The molecule has 1 amide bonds. The lowest BCUT2D eigenvalue weighted by Crippen LogP contribution is -2.35. The van der Waals surface area contributed by atoms with E-state index in [1.165, 1.54) is 5.56 Å². The molecule has 1 fully saturated rings. The molecule has 1 aliphatic heterocycles. The Labute approximate surface area is 187 Å². The maximum atomic E-state index is 13.0. The molecule has 6 nitrogen and oxygen atoms in total. The molecule has 0 spiro atoms. The van der Waals surface area contributed by atoms with Gasteiger partial charge in [0.1, 0.15) is 18.1 Å². The summed E-state index contributed by atoms with van der Waals surface area (Å²) >= 11 is 1.55. The van der Waals surface area contributed by atoms with E-state index in [9.17, 15) is 4.79 Å². The quantitative estimate of drug-likeness (QED) is 0.558. The Morgan fingerprint density at radius 3 is 2.48 bits per heavy atom. The first kappa shape index (κ1) is 21.3. The number of carbonyl (C=O) groups is 1. The van der Waals surface area contributed by atoms with E-state index in [-0.39, 0.29) is 5.91 Å². The van der Waals surface area contributed by atoms with E-state index in [0.29, 0.717) is 12.2 Å². The van der Waals surface area contributed by atoms with Gasteiger partial charge < -0.3 is 14.4 Å². The fourth-order valence-corrected chi connectivity index (χ4v) is 4.21. The highest BCUT2D eigenvalue weighted by Gasteiger charge is 2.20. The van der Waals surface area contributed by atoms with Gasteiger partial charge in [-0.25, -0.2) is 4.98 Å². The highest BCUT2D eigenvalue weighted by molar-refractivity contribution is 7.07. The van der Waals surface area contributed by atoms with Crippen LogP contribution in [0, 0.1) is 0 Å². The third-order valence-corrected chi connectivity index (χ3v) is 6.05. The Balaban J connectivity index is 1.29. The van der Waals surface area contributed by atoms with Crippen molar-refractivity contribution >= 4 is 17.2 Å². The fraction of sp³-hybridized carbons (Fsp3) is 0.333. The number of hydrogen-bond acceptors (Lipinski definition) is 6. The monoisotopic (exact) mass is 437 g/mol. The van der Waals surface area contributed by atoms with Crippen molar-refractivity contribution in [2.75, 3.05) is 33.3 Å². The molecular weight excluding hydrogens is 410 g/mol. The van der Waals surface area contributed by atoms with Crippen molar-refractivity contribution < 1.29 is 14.3 Å². The summed E-state index contributed by atoms with van der Waals surface area (Å²) in [5, 5.41) is 1.97. The number of carbonyl (C=O) groups excluding carboxylic acids is 1. The van der Waals surface area contributed by atoms with Crippen molar-refractivity contribution in [3.05, 3.63) is 76.2 Å². The molecular formula is C24H27N3O3S. The number of rotatable bonds is 7. The average molecular weight is 438 g/mol. The Hall–Kier alpha value is -2.90. The molecule has 0 aliphatic carbocycles. The molecule has 162 valence electrons. The van der Waals surface area contributed by atoms with Gasteiger partial charge in [0.05, 0.1) is 18.3 Å². The van der Waals surface area contributed by atoms with Crippen LogP contribution in [0.3, 0.4) is 0 Å². The summed E-state index contributed by atoms with van der Waals surface area (Å²) in [6.45, 7) is 4.69. The third-order valence-electron chi connectivity index (χ3n) is 5.41. The molecule has 0 saturated carbocycles. The summed E-state index contributed by atoms with van der Waals surface area (Å²) in [5.74, 6) is 1.69. The van der Waals surface area contributed by atoms with E-state index >= 15 is 0 Å². The Morgan fingerprint density at radius 2 is 1.77 bits per heavy atom. The molecule has 7 heteroatoms. The van der Waals surface area contributed by atoms with Gasteiger partial charge in [0.25, 0.3) is 5.91 Å². The number of benzene rings is 2. The average Bonchev–Trinajstić information content (AvgIpc) is 3.23. The molecule has 31 heavy (non-hydrogen) atoms. The van der Waals surface area contributed by atoms with Crippen LogP contribution in [0.1, 0.15) is 28.0 Å². The summed E-state index contributed by atoms with van der Waals surface area (Å²) in [6.07, 6.45) is 0.969. The minimum atomic E-state index is 0.0809. The first-order valence-corrected chi connectivity index (χ1v) is 11.4. The first-order chi connectivity index (χ1) is 15.2. The number of hydrogen-bond donors (Lipinski definition) is 0. The van der Waals surface area contributed by atoms with E-state index in [0.717, 1.165) is 56.3 Å². The van der Waals surface area contributed by atoms with Crippen LogP contribution in [0.4, 0.5) is 0 Å². The normalized spacial score (nSPS) is 14.8. The summed E-state index contributed by atoms with van der Waals surface area (Å²) in [4.78, 5) is 21.6. The van der Waals surface area contributed by atoms with Gasteiger partial charge in [-0.2, -0.15) is 0 Å². The van der Waals surface area contributed by atoms with Gasteiger partial charge in [-0.3, -0.25) is 9.69 Å². The van der Waals surface area contributed by atoms with Crippen molar-refractivity contribution in [3.8, 4) is 11.5 Å². The lowest BCUT2D eigenvalue weighted by Gasteiger charge is -2.22. The molecule has 2 heterocycles. The van der Waals surface area contributed by atoms with Crippen molar-refractivity contribution in [3.63, 3.8) is 0 Å². The Kier molecular flexibility index (Phi) is 7.17. The molecule has 0 atom stereocenters. The molecule has 1 saturated heterocycles. The minimum absolute atomic E-state index is 0.0809. The van der Waals surface area contributed by atoms with Gasteiger partial charge in [0.2, 0.25) is 0 Å². The van der Waals surface area contributed by atoms with E-state index in [1.54, 1.807) is 24.0 Å². The molecule has 0 N–H and O–H groups in total. The van der Waals surface area contributed by atoms with Gasteiger partial charge in [0.15, 0.2) is 0 Å². The van der Waals surface area contributed by atoms with E-state index < -0.39 is 0 Å². The van der Waals surface area contributed by atoms with Crippen LogP contribution >= 0.6 is 11.3 Å². The number of aromatic nitrogens is 1. The smallest absolute Gasteiger partial charge is 0.253 e. The number of thiazole rings is 1. The van der Waals surface area contributed by atoms with Gasteiger partial charge >= 0.3 is 0 Å². The highest BCUT2D eigenvalue weighted by atomic mass is 32.1. The predicted octanol–water partition coefficient (Wildman–Crippen LogP) is 4.08. The maximum absolute atomic E-state index is 13.0. The van der Waals surface area contributed by atoms with Crippen molar-refractivity contribution in [1.82, 2.24) is 14.8 Å². The largest absolute Gasteiger partial charge is 0.497 e. The van der Waals surface area contributed by atoms with E-state index in [4.69, 9.17) is 9.47 Å². The van der Waals surface area contributed by atoms with Crippen LogP contribution in [0.2, 0.25) is 0 Å². The summed E-state index contributed by atoms with van der Waals surface area (Å²) in [5.41, 5.74) is 4.66. The zero-order valence-electron chi connectivity index (χ0n) is 17.7. The molecule has 0 unspecified atom stereocenters. The second-order valence-corrected chi connectivity index (χ2v) is 8.28. The molecule has 1 aromatic heterocycles. The van der Waals surface area contributed by atoms with Crippen LogP contribution in [0.15, 0.2) is 59.4 Å². The molecule has 0 radical (unpaired) electrons. The van der Waals surface area contributed by atoms with E-state index in [1.807, 2.05) is 46.7 Å². The van der Waals surface area contributed by atoms with Gasteiger partial charge in [-0.15, -0.1) is 11.3 Å². The number of ether oxygens (including phenoxy) is 2. The number of methoxy groups -OCH3 is 1. The molecule has 1 aliphatic rings. The first-order valence-electron chi connectivity index (χ1n) is 10.5. The zero-order valence-corrected chi connectivity index (χ0v) is 18.5. The number of amides is 1. The second kappa shape index (κ2) is 10.4. The predicted molar refractivity (Wildman–Crippen MR) is 122 cm³/mol. The lowest BCUT2D eigenvalue weighted by molar-refractivity contribution is 0.0761. The van der Waals surface area contributed by atoms with Gasteiger partial charge in [-0.1, -0.05) is 12.1 Å². The minimum Gasteiger partial charge on any atom is -0.497 e. The van der Waals surface area contributed by atoms with Crippen molar-refractivity contribution in [2.45, 2.75) is 19.6 Å². The standard InChI is InChI=1S/C24H27N3O3S/c1-29-22-7-3-19(4-8-22)15-26-11-2-12-27(14-13-26)24(28)20-5-9-23(10-6-20)30-16-21-17-31-18-25-21/h3-10,17-18H,2,11-16H2,1H3. The molecule has 0 bridgehead atoms. The molecule has 3 aromatic rings. The van der Waals surface area contributed by atoms with Crippen LogP contribution in [0.25, 0.3) is 0 Å². The van der Waals surface area contributed by atoms with Crippen LogP contribution in [-0.4, -0.2) is 54.0 Å². The Morgan fingerprint density at radius 1 is 1.00 bits per heavy atom. The van der Waals surface area contributed by atoms with Crippen LogP contribution in [0.5, 0.6) is 11.5 Å². The summed E-state index contributed by atoms with van der Waals surface area (Å²) in [6, 6.07) is 15.6. The topological polar surface area (TPSA) is 54.9 Å². The lowest BCUT2D eigenvalue weighted by atomic mass is 10.2.